The van der Waals surface area contributed by atoms with Crippen LogP contribution in [0.15, 0.2) is 24.3 Å². The quantitative estimate of drug-likeness (QED) is 0.832. The molecule has 5 heteroatoms. The molecule has 0 radical (unpaired) electrons. The molecular weight excluding hydrogens is 242 g/mol. The maximum Gasteiger partial charge on any atom is 0.336 e. The lowest BCUT2D eigenvalue weighted by Gasteiger charge is -2.15. The smallest absolute Gasteiger partial charge is 0.336 e. The van der Waals surface area contributed by atoms with Gasteiger partial charge in [0.1, 0.15) is 5.92 Å². The number of nitrogens with zero attached hydrogens (tertiary/aromatic N) is 1. The van der Waals surface area contributed by atoms with Crippen LogP contribution in [0.25, 0.3) is 0 Å². The largest absolute Gasteiger partial charge is 0.464 e. The molecule has 17 heavy (non-hydrogen) atoms. The van der Waals surface area contributed by atoms with Crippen molar-refractivity contribution in [1.29, 1.82) is 5.26 Å². The van der Waals surface area contributed by atoms with E-state index in [0.29, 0.717) is 10.6 Å². The Labute approximate surface area is 104 Å². The highest BCUT2D eigenvalue weighted by Gasteiger charge is 2.28. The van der Waals surface area contributed by atoms with Gasteiger partial charge < -0.3 is 9.84 Å². The molecule has 1 N–H and O–H groups in total. The lowest BCUT2D eigenvalue weighted by atomic mass is 9.95. The molecule has 1 rings (SSSR count). The van der Waals surface area contributed by atoms with E-state index in [2.05, 4.69) is 4.74 Å². The highest BCUT2D eigenvalue weighted by molar-refractivity contribution is 6.30. The predicted molar refractivity (Wildman–Crippen MR) is 62.4 cm³/mol. The number of hydrogen-bond acceptors (Lipinski definition) is 4. The number of aliphatic hydroxyl groups excluding tert-OH is 1. The van der Waals surface area contributed by atoms with E-state index in [1.807, 2.05) is 6.07 Å². The Morgan fingerprint density at radius 3 is 2.59 bits per heavy atom. The third-order valence-corrected chi connectivity index (χ3v) is 2.46. The minimum Gasteiger partial charge on any atom is -0.464 e. The van der Waals surface area contributed by atoms with Gasteiger partial charge in [0.25, 0.3) is 0 Å². The molecule has 0 amide bonds. The number of rotatable bonds is 4. The summed E-state index contributed by atoms with van der Waals surface area (Å²) in [5, 5.41) is 19.2. The molecule has 90 valence electrons. The molecule has 0 aliphatic rings. The molecule has 0 aliphatic heterocycles. The van der Waals surface area contributed by atoms with Crippen LogP contribution in [0.4, 0.5) is 0 Å². The van der Waals surface area contributed by atoms with Crippen molar-refractivity contribution in [3.8, 4) is 6.07 Å². The Balaban J connectivity index is 2.88. The number of halogens is 1. The lowest BCUT2D eigenvalue weighted by Crippen LogP contribution is -2.29. The molecule has 2 unspecified atom stereocenters. The maximum atomic E-state index is 11.3. The van der Waals surface area contributed by atoms with Gasteiger partial charge in [-0.15, -0.1) is 0 Å². The molecule has 2 atom stereocenters. The highest BCUT2D eigenvalue weighted by atomic mass is 35.5. The Bertz CT molecular complexity index is 424. The summed E-state index contributed by atoms with van der Waals surface area (Å²) in [5.74, 6) is -1.75. The standard InChI is InChI=1S/C12H12ClNO3/c1-2-17-12(16)11(15)10(7-14)8-3-5-9(13)6-4-8/h3-6,10-11,15H,2H2,1H3. The monoisotopic (exact) mass is 253 g/mol. The fourth-order valence-corrected chi connectivity index (χ4v) is 1.49. The molecule has 0 saturated heterocycles. The highest BCUT2D eigenvalue weighted by Crippen LogP contribution is 2.22. The summed E-state index contributed by atoms with van der Waals surface area (Å²) >= 11 is 5.71. The summed E-state index contributed by atoms with van der Waals surface area (Å²) in [6.07, 6.45) is -1.49. The number of nitriles is 1. The zero-order chi connectivity index (χ0) is 12.8. The van der Waals surface area contributed by atoms with Crippen LogP contribution in [0.5, 0.6) is 0 Å². The van der Waals surface area contributed by atoms with Crippen molar-refractivity contribution in [1.82, 2.24) is 0 Å². The molecular formula is C12H12ClNO3. The fourth-order valence-electron chi connectivity index (χ4n) is 1.36. The third kappa shape index (κ3) is 3.45. The molecule has 0 saturated carbocycles. The Morgan fingerprint density at radius 1 is 1.53 bits per heavy atom. The van der Waals surface area contributed by atoms with Gasteiger partial charge in [-0.1, -0.05) is 23.7 Å². The van der Waals surface area contributed by atoms with E-state index < -0.39 is 18.0 Å². The molecule has 0 heterocycles. The predicted octanol–water partition coefficient (Wildman–Crippen LogP) is 1.87. The van der Waals surface area contributed by atoms with Crippen LogP contribution in [0.2, 0.25) is 5.02 Å². The first-order valence-corrected chi connectivity index (χ1v) is 5.47. The summed E-state index contributed by atoms with van der Waals surface area (Å²) in [5.41, 5.74) is 0.525. The van der Waals surface area contributed by atoms with Gasteiger partial charge in [-0.2, -0.15) is 5.26 Å². The second-order valence-corrected chi connectivity index (χ2v) is 3.79. The summed E-state index contributed by atoms with van der Waals surface area (Å²) < 4.78 is 4.67. The molecule has 0 aliphatic carbocycles. The van der Waals surface area contributed by atoms with Crippen molar-refractivity contribution in [2.24, 2.45) is 0 Å². The van der Waals surface area contributed by atoms with Gasteiger partial charge in [0.2, 0.25) is 0 Å². The molecule has 1 aromatic carbocycles. The molecule has 0 spiro atoms. The van der Waals surface area contributed by atoms with Crippen LogP contribution >= 0.6 is 11.6 Å². The summed E-state index contributed by atoms with van der Waals surface area (Å²) in [7, 11) is 0. The molecule has 0 fully saturated rings. The lowest BCUT2D eigenvalue weighted by molar-refractivity contribution is -0.153. The summed E-state index contributed by atoms with van der Waals surface area (Å²) in [6.45, 7) is 1.79. The van der Waals surface area contributed by atoms with Crippen LogP contribution in [-0.2, 0) is 9.53 Å². The second kappa shape index (κ2) is 6.24. The van der Waals surface area contributed by atoms with Gasteiger partial charge in [-0.25, -0.2) is 4.79 Å². The van der Waals surface area contributed by atoms with Crippen LogP contribution in [0.1, 0.15) is 18.4 Å². The number of carbonyl (C=O) groups excluding carboxylic acids is 1. The number of esters is 1. The van der Waals surface area contributed by atoms with Crippen LogP contribution in [0, 0.1) is 11.3 Å². The number of carbonyl (C=O) groups is 1. The Kier molecular flexibility index (Phi) is 4.95. The van der Waals surface area contributed by atoms with Gasteiger partial charge >= 0.3 is 5.97 Å². The van der Waals surface area contributed by atoms with Gasteiger partial charge in [0, 0.05) is 5.02 Å². The Hall–Kier alpha value is -1.57. The van der Waals surface area contributed by atoms with Gasteiger partial charge in [0.15, 0.2) is 6.10 Å². The van der Waals surface area contributed by atoms with E-state index in [4.69, 9.17) is 16.9 Å². The van der Waals surface area contributed by atoms with Crippen LogP contribution < -0.4 is 0 Å². The van der Waals surface area contributed by atoms with Crippen LogP contribution in [0.3, 0.4) is 0 Å². The number of benzene rings is 1. The third-order valence-electron chi connectivity index (χ3n) is 2.21. The van der Waals surface area contributed by atoms with Gasteiger partial charge in [-0.05, 0) is 24.6 Å². The first kappa shape index (κ1) is 13.5. The van der Waals surface area contributed by atoms with Gasteiger partial charge in [0.05, 0.1) is 12.7 Å². The fraction of sp³-hybridized carbons (Fsp3) is 0.333. The first-order valence-electron chi connectivity index (χ1n) is 5.10. The average Bonchev–Trinajstić information content (AvgIpc) is 2.32. The SMILES string of the molecule is CCOC(=O)C(O)C(C#N)c1ccc(Cl)cc1. The minimum atomic E-state index is -1.49. The van der Waals surface area contributed by atoms with Crippen LogP contribution in [-0.4, -0.2) is 23.8 Å². The summed E-state index contributed by atoms with van der Waals surface area (Å²) in [4.78, 5) is 11.3. The molecule has 0 bridgehead atoms. The summed E-state index contributed by atoms with van der Waals surface area (Å²) in [6, 6.07) is 8.27. The molecule has 1 aromatic rings. The van der Waals surface area contributed by atoms with E-state index in [9.17, 15) is 9.90 Å². The van der Waals surface area contributed by atoms with Gasteiger partial charge in [-0.3, -0.25) is 0 Å². The van der Waals surface area contributed by atoms with Crippen molar-refractivity contribution in [3.63, 3.8) is 0 Å². The van der Waals surface area contributed by atoms with Crippen molar-refractivity contribution >= 4 is 17.6 Å². The minimum absolute atomic E-state index is 0.161. The van der Waals surface area contributed by atoms with Crippen molar-refractivity contribution < 1.29 is 14.6 Å². The Morgan fingerprint density at radius 2 is 2.12 bits per heavy atom. The van der Waals surface area contributed by atoms with E-state index in [-0.39, 0.29) is 6.61 Å². The van der Waals surface area contributed by atoms with Crippen molar-refractivity contribution in [2.45, 2.75) is 18.9 Å². The molecule has 4 nitrogen and oxygen atoms in total. The maximum absolute atomic E-state index is 11.3. The number of aliphatic hydroxyl groups is 1. The van der Waals surface area contributed by atoms with E-state index >= 15 is 0 Å². The van der Waals surface area contributed by atoms with E-state index in [1.54, 1.807) is 31.2 Å². The van der Waals surface area contributed by atoms with E-state index in [0.717, 1.165) is 0 Å². The zero-order valence-electron chi connectivity index (χ0n) is 9.26. The topological polar surface area (TPSA) is 70.3 Å². The van der Waals surface area contributed by atoms with Crippen molar-refractivity contribution in [3.05, 3.63) is 34.9 Å². The van der Waals surface area contributed by atoms with Crippen molar-refractivity contribution in [2.75, 3.05) is 6.61 Å². The van der Waals surface area contributed by atoms with E-state index in [1.165, 1.54) is 0 Å². The zero-order valence-corrected chi connectivity index (χ0v) is 10.0. The molecule has 0 aromatic heterocycles. The second-order valence-electron chi connectivity index (χ2n) is 3.36. The normalized spacial score (nSPS) is 13.5. The average molecular weight is 254 g/mol. The number of hydrogen-bond donors (Lipinski definition) is 1. The first-order chi connectivity index (χ1) is 8.10. The number of ether oxygens (including phenoxy) is 1.